The fraction of sp³-hybridized carbons (Fsp3) is 0.308. The van der Waals surface area contributed by atoms with E-state index in [1.54, 1.807) is 0 Å². The van der Waals surface area contributed by atoms with Crippen molar-refractivity contribution < 1.29 is 9.90 Å². The molecular weight excluding hydrogens is 202 g/mol. The number of hydrogen-bond acceptors (Lipinski definition) is 1. The van der Waals surface area contributed by atoms with Crippen LogP contribution in [0.25, 0.3) is 10.9 Å². The van der Waals surface area contributed by atoms with Crippen molar-refractivity contribution in [1.82, 2.24) is 4.98 Å². The number of benzene rings is 1. The van der Waals surface area contributed by atoms with Gasteiger partial charge in [0.05, 0.1) is 0 Å². The Bertz CT molecular complexity index is 540. The lowest BCUT2D eigenvalue weighted by Gasteiger charge is -2.01. The molecule has 0 radical (unpaired) electrons. The summed E-state index contributed by atoms with van der Waals surface area (Å²) in [5.74, 6) is -0.751. The molecular formula is C13H15NO2. The van der Waals surface area contributed by atoms with Gasteiger partial charge in [-0.25, -0.2) is 0 Å². The van der Waals surface area contributed by atoms with Gasteiger partial charge in [-0.05, 0) is 37.5 Å². The molecule has 0 aliphatic rings. The maximum atomic E-state index is 10.6. The van der Waals surface area contributed by atoms with Gasteiger partial charge in [0.1, 0.15) is 0 Å². The molecule has 0 saturated heterocycles. The van der Waals surface area contributed by atoms with Crippen LogP contribution in [0.5, 0.6) is 0 Å². The van der Waals surface area contributed by atoms with Gasteiger partial charge < -0.3 is 10.1 Å². The number of carboxylic acid groups (broad SMARTS) is 1. The van der Waals surface area contributed by atoms with Gasteiger partial charge in [-0.15, -0.1) is 0 Å². The van der Waals surface area contributed by atoms with E-state index in [2.05, 4.69) is 31.0 Å². The lowest BCUT2D eigenvalue weighted by Crippen LogP contribution is -1.96. The highest BCUT2D eigenvalue weighted by atomic mass is 16.4. The summed E-state index contributed by atoms with van der Waals surface area (Å²) in [6, 6.07) is 4.23. The lowest BCUT2D eigenvalue weighted by molar-refractivity contribution is -0.136. The average molecular weight is 217 g/mol. The van der Waals surface area contributed by atoms with Crippen LogP contribution < -0.4 is 0 Å². The number of H-pyrrole nitrogens is 1. The molecule has 3 heteroatoms. The van der Waals surface area contributed by atoms with E-state index in [9.17, 15) is 4.79 Å². The molecule has 0 aliphatic heterocycles. The first-order chi connectivity index (χ1) is 7.58. The molecule has 0 amide bonds. The number of hydrogen-bond donors (Lipinski definition) is 2. The van der Waals surface area contributed by atoms with E-state index in [0.717, 1.165) is 16.5 Å². The quantitative estimate of drug-likeness (QED) is 0.830. The first-order valence-electron chi connectivity index (χ1n) is 5.37. The molecule has 2 N–H and O–H groups in total. The van der Waals surface area contributed by atoms with Crippen molar-refractivity contribution in [3.63, 3.8) is 0 Å². The SMILES string of the molecule is Cc1cc(C)c2[nH]cc(CCC(=O)O)c2c1. The van der Waals surface area contributed by atoms with Crippen LogP contribution in [0.15, 0.2) is 18.3 Å². The van der Waals surface area contributed by atoms with Crippen LogP contribution in [0.2, 0.25) is 0 Å². The third-order valence-electron chi connectivity index (χ3n) is 2.82. The van der Waals surface area contributed by atoms with E-state index in [1.165, 1.54) is 11.1 Å². The zero-order valence-corrected chi connectivity index (χ0v) is 9.50. The number of aromatic nitrogens is 1. The summed E-state index contributed by atoms with van der Waals surface area (Å²) in [4.78, 5) is 13.8. The summed E-state index contributed by atoms with van der Waals surface area (Å²) in [6.45, 7) is 4.12. The fourth-order valence-electron chi connectivity index (χ4n) is 2.10. The summed E-state index contributed by atoms with van der Waals surface area (Å²) >= 11 is 0. The fourth-order valence-corrected chi connectivity index (χ4v) is 2.10. The van der Waals surface area contributed by atoms with Crippen LogP contribution in [0.3, 0.4) is 0 Å². The number of aliphatic carboxylic acids is 1. The van der Waals surface area contributed by atoms with Gasteiger partial charge in [0.15, 0.2) is 0 Å². The Hall–Kier alpha value is -1.77. The van der Waals surface area contributed by atoms with E-state index < -0.39 is 5.97 Å². The number of aromatic amines is 1. The summed E-state index contributed by atoms with van der Waals surface area (Å²) in [5, 5.41) is 9.83. The van der Waals surface area contributed by atoms with Crippen LogP contribution in [0.1, 0.15) is 23.1 Å². The predicted octanol–water partition coefficient (Wildman–Crippen LogP) is 2.80. The predicted molar refractivity (Wildman–Crippen MR) is 63.7 cm³/mol. The second-order valence-electron chi connectivity index (χ2n) is 4.21. The number of carbonyl (C=O) groups is 1. The number of aryl methyl sites for hydroxylation is 3. The average Bonchev–Trinajstić information content (AvgIpc) is 2.58. The van der Waals surface area contributed by atoms with Gasteiger partial charge in [0, 0.05) is 23.5 Å². The molecule has 0 atom stereocenters. The van der Waals surface area contributed by atoms with Crippen LogP contribution >= 0.6 is 0 Å². The largest absolute Gasteiger partial charge is 0.481 e. The second kappa shape index (κ2) is 4.00. The van der Waals surface area contributed by atoms with Crippen molar-refractivity contribution in [2.45, 2.75) is 26.7 Å². The summed E-state index contributed by atoms with van der Waals surface area (Å²) in [7, 11) is 0. The standard InChI is InChI=1S/C13H15NO2/c1-8-5-9(2)13-11(6-8)10(7-14-13)3-4-12(15)16/h5-7,14H,3-4H2,1-2H3,(H,15,16). The molecule has 84 valence electrons. The Morgan fingerprint density at radius 1 is 1.38 bits per heavy atom. The zero-order chi connectivity index (χ0) is 11.7. The van der Waals surface area contributed by atoms with Crippen LogP contribution in [0.4, 0.5) is 0 Å². The van der Waals surface area contributed by atoms with Crippen molar-refractivity contribution >= 4 is 16.9 Å². The lowest BCUT2D eigenvalue weighted by atomic mass is 10.0. The first-order valence-corrected chi connectivity index (χ1v) is 5.37. The monoisotopic (exact) mass is 217 g/mol. The minimum atomic E-state index is -0.751. The first kappa shape index (κ1) is 10.7. The van der Waals surface area contributed by atoms with Crippen LogP contribution in [-0.4, -0.2) is 16.1 Å². The van der Waals surface area contributed by atoms with Crippen LogP contribution in [-0.2, 0) is 11.2 Å². The van der Waals surface area contributed by atoms with Gasteiger partial charge in [0.2, 0.25) is 0 Å². The molecule has 2 rings (SSSR count). The molecule has 0 aliphatic carbocycles. The molecule has 16 heavy (non-hydrogen) atoms. The van der Waals surface area contributed by atoms with E-state index in [4.69, 9.17) is 5.11 Å². The Kier molecular flexibility index (Phi) is 2.69. The van der Waals surface area contributed by atoms with Crippen LogP contribution in [0, 0.1) is 13.8 Å². The number of carboxylic acids is 1. The van der Waals surface area contributed by atoms with Crippen molar-refractivity contribution in [3.8, 4) is 0 Å². The molecule has 0 saturated carbocycles. The Labute approximate surface area is 94.1 Å². The molecule has 0 unspecified atom stereocenters. The van der Waals surface area contributed by atoms with E-state index in [-0.39, 0.29) is 6.42 Å². The van der Waals surface area contributed by atoms with Crippen molar-refractivity contribution in [2.75, 3.05) is 0 Å². The maximum absolute atomic E-state index is 10.6. The van der Waals surface area contributed by atoms with Gasteiger partial charge >= 0.3 is 5.97 Å². The van der Waals surface area contributed by atoms with Crippen molar-refractivity contribution in [1.29, 1.82) is 0 Å². The molecule has 1 aromatic carbocycles. The van der Waals surface area contributed by atoms with Gasteiger partial charge in [-0.2, -0.15) is 0 Å². The molecule has 0 bridgehead atoms. The summed E-state index contributed by atoms with van der Waals surface area (Å²) in [5.41, 5.74) is 4.62. The highest BCUT2D eigenvalue weighted by Gasteiger charge is 2.07. The molecule has 1 aromatic heterocycles. The van der Waals surface area contributed by atoms with Gasteiger partial charge in [-0.3, -0.25) is 4.79 Å². The smallest absolute Gasteiger partial charge is 0.303 e. The zero-order valence-electron chi connectivity index (χ0n) is 9.50. The molecule has 3 nitrogen and oxygen atoms in total. The normalized spacial score (nSPS) is 10.9. The van der Waals surface area contributed by atoms with Crippen molar-refractivity contribution in [2.24, 2.45) is 0 Å². The van der Waals surface area contributed by atoms with Gasteiger partial charge in [-0.1, -0.05) is 11.6 Å². The third kappa shape index (κ3) is 1.94. The third-order valence-corrected chi connectivity index (χ3v) is 2.82. The summed E-state index contributed by atoms with van der Waals surface area (Å²) < 4.78 is 0. The number of fused-ring (bicyclic) bond motifs is 1. The Balaban J connectivity index is 2.43. The number of nitrogens with one attached hydrogen (secondary N) is 1. The van der Waals surface area contributed by atoms with Crippen molar-refractivity contribution in [3.05, 3.63) is 35.0 Å². The minimum Gasteiger partial charge on any atom is -0.481 e. The van der Waals surface area contributed by atoms with E-state index in [0.29, 0.717) is 6.42 Å². The minimum absolute atomic E-state index is 0.180. The summed E-state index contributed by atoms with van der Waals surface area (Å²) in [6.07, 6.45) is 2.68. The topological polar surface area (TPSA) is 53.1 Å². The second-order valence-corrected chi connectivity index (χ2v) is 4.21. The molecule has 0 fully saturated rings. The Morgan fingerprint density at radius 3 is 2.81 bits per heavy atom. The maximum Gasteiger partial charge on any atom is 0.303 e. The highest BCUT2D eigenvalue weighted by molar-refractivity contribution is 5.87. The van der Waals surface area contributed by atoms with E-state index in [1.807, 2.05) is 6.20 Å². The van der Waals surface area contributed by atoms with Gasteiger partial charge in [0.25, 0.3) is 0 Å². The van der Waals surface area contributed by atoms with E-state index >= 15 is 0 Å². The molecule has 0 spiro atoms. The Morgan fingerprint density at radius 2 is 2.12 bits per heavy atom. The molecule has 1 heterocycles. The molecule has 2 aromatic rings. The number of rotatable bonds is 3. The highest BCUT2D eigenvalue weighted by Crippen LogP contribution is 2.24.